The molecule has 3 aromatic rings. The van der Waals surface area contributed by atoms with Crippen molar-refractivity contribution in [1.29, 1.82) is 0 Å². The van der Waals surface area contributed by atoms with Gasteiger partial charge in [-0.2, -0.15) is 0 Å². The number of aliphatic hydroxyl groups is 1. The maximum absolute atomic E-state index is 17.9. The van der Waals surface area contributed by atoms with Gasteiger partial charge in [0.15, 0.2) is 29.1 Å². The number of amides is 8. The Hall–Kier alpha value is -8.49. The predicted molar refractivity (Wildman–Crippen MR) is 372 cm³/mol. The van der Waals surface area contributed by atoms with Crippen molar-refractivity contribution < 1.29 is 90.2 Å². The molecular weight excluding hydrogens is 1320 g/mol. The van der Waals surface area contributed by atoms with Gasteiger partial charge in [-0.05, 0) is 123 Å². The summed E-state index contributed by atoms with van der Waals surface area (Å²) in [4.78, 5) is 120. The molecule has 12 atom stereocenters. The molecule has 1 unspecified atom stereocenters. The van der Waals surface area contributed by atoms with Crippen molar-refractivity contribution in [3.8, 4) is 12.3 Å². The fourth-order valence-electron chi connectivity index (χ4n) is 14.8. The number of aryl methyl sites for hydroxylation is 1. The van der Waals surface area contributed by atoms with E-state index in [1.165, 1.54) is 19.1 Å². The number of rotatable bonds is 38. The van der Waals surface area contributed by atoms with E-state index in [-0.39, 0.29) is 141 Å². The molecule has 4 fully saturated rings. The van der Waals surface area contributed by atoms with Crippen LogP contribution in [0.5, 0.6) is 0 Å². The smallest absolute Gasteiger partial charge is 0.407 e. The Morgan fingerprint density at radius 2 is 1.48 bits per heavy atom. The number of alkyl carbamates (subject to hydrolysis) is 1. The average molecular weight is 1420 g/mol. The van der Waals surface area contributed by atoms with Gasteiger partial charge in [0.2, 0.25) is 29.5 Å². The molecule has 8 amide bonds. The van der Waals surface area contributed by atoms with Crippen LogP contribution >= 0.6 is 0 Å². The topological polar surface area (TPSA) is 340 Å². The summed E-state index contributed by atoms with van der Waals surface area (Å²) in [5.41, 5.74) is 2.20. The number of hydrogen-bond acceptors (Lipinski definition) is 17. The summed E-state index contributed by atoms with van der Waals surface area (Å²) in [6.45, 7) is 12.2. The Labute approximate surface area is 594 Å². The Bertz CT molecular complexity index is 3570. The number of nitrogens with two attached hydrogens (primary N) is 1. The lowest BCUT2D eigenvalue weighted by molar-refractivity contribution is -0.233. The molecule has 3 aromatic carbocycles. The number of primary amides is 1. The number of terminal acetylenes is 1. The number of ketones is 2. The summed E-state index contributed by atoms with van der Waals surface area (Å²) in [7, 11) is 0. The summed E-state index contributed by atoms with van der Waals surface area (Å²) in [5, 5.41) is 27.9. The van der Waals surface area contributed by atoms with Gasteiger partial charge >= 0.3 is 12.1 Å². The predicted octanol–water partition coefficient (Wildman–Crippen LogP) is 6.58. The molecule has 4 aliphatic carbocycles. The number of carbonyl (C=O) groups excluding carboxylic acids is 9. The molecule has 3 saturated carbocycles. The average Bonchev–Trinajstić information content (AvgIpc) is 1.43. The maximum atomic E-state index is 17.9. The number of ether oxygens (including phenoxy) is 7. The van der Waals surface area contributed by atoms with Gasteiger partial charge in [-0.3, -0.25) is 33.6 Å². The van der Waals surface area contributed by atoms with Gasteiger partial charge in [0.05, 0.1) is 83.8 Å². The van der Waals surface area contributed by atoms with Crippen LogP contribution in [-0.2, 0) is 79.9 Å². The van der Waals surface area contributed by atoms with E-state index in [1.54, 1.807) is 62.1 Å². The van der Waals surface area contributed by atoms with Crippen LogP contribution in [0.15, 0.2) is 96.6 Å². The molecule has 5 aliphatic rings. The number of nitrogens with zero attached hydrogens (tertiary/aromatic N) is 1. The number of para-hydroxylation sites is 1. The number of carbonyl (C=O) groups is 9. The number of anilines is 2. The molecule has 8 rings (SSSR count). The number of halogens is 2. The first-order valence-electron chi connectivity index (χ1n) is 35.0. The first-order valence-corrected chi connectivity index (χ1v) is 35.0. The van der Waals surface area contributed by atoms with E-state index in [0.29, 0.717) is 41.9 Å². The van der Waals surface area contributed by atoms with Gasteiger partial charge in [0.25, 0.3) is 0 Å². The Morgan fingerprint density at radius 1 is 0.804 bits per heavy atom. The number of benzene rings is 3. The third kappa shape index (κ3) is 19.0. The number of hydrogen-bond donors (Lipinski definition) is 8. The lowest BCUT2D eigenvalue weighted by atomic mass is 9.44. The molecule has 25 nitrogen and oxygen atoms in total. The van der Waals surface area contributed by atoms with Crippen LogP contribution in [0.3, 0.4) is 0 Å². The van der Waals surface area contributed by atoms with Gasteiger partial charge in [0, 0.05) is 60.4 Å². The van der Waals surface area contributed by atoms with E-state index in [9.17, 15) is 48.3 Å². The zero-order valence-corrected chi connectivity index (χ0v) is 59.0. The second-order valence-electron chi connectivity index (χ2n) is 27.2. The minimum atomic E-state index is -2.39. The van der Waals surface area contributed by atoms with Gasteiger partial charge in [-0.15, -0.1) is 6.42 Å². The first kappa shape index (κ1) is 79.2. The normalized spacial score (nSPS) is 25.0. The summed E-state index contributed by atoms with van der Waals surface area (Å²) >= 11 is 0. The van der Waals surface area contributed by atoms with Crippen molar-refractivity contribution in [1.82, 2.24) is 26.6 Å². The van der Waals surface area contributed by atoms with Crippen molar-refractivity contribution in [3.05, 3.63) is 119 Å². The zero-order valence-electron chi connectivity index (χ0n) is 59.0. The second-order valence-corrected chi connectivity index (χ2v) is 27.2. The van der Waals surface area contributed by atoms with Crippen LogP contribution in [0.1, 0.15) is 121 Å². The third-order valence-corrected chi connectivity index (χ3v) is 20.2. The highest BCUT2D eigenvalue weighted by atomic mass is 19.1. The largest absolute Gasteiger partial charge is 0.445 e. The fraction of sp³-hybridized carbons (Fsp3) is 0.560. The quantitative estimate of drug-likeness (QED) is 0.0222. The maximum Gasteiger partial charge on any atom is 0.407 e. The summed E-state index contributed by atoms with van der Waals surface area (Å²) in [6.07, 6.45) is 4.23. The highest BCUT2D eigenvalue weighted by molar-refractivity contribution is 6.02. The number of nitrogens with one attached hydrogen (secondary N) is 6. The van der Waals surface area contributed by atoms with Crippen LogP contribution in [0.25, 0.3) is 0 Å². The molecule has 9 N–H and O–H groups in total. The number of aliphatic hydroxyl groups excluding tert-OH is 1. The number of allylic oxidation sites excluding steroid dienone is 4. The second kappa shape index (κ2) is 36.6. The van der Waals surface area contributed by atoms with Crippen molar-refractivity contribution in [2.24, 2.45) is 34.3 Å². The number of fused-ring (bicyclic) bond motifs is 7. The van der Waals surface area contributed by atoms with Crippen molar-refractivity contribution in [2.75, 3.05) is 82.7 Å². The Kier molecular flexibility index (Phi) is 28.4. The highest BCUT2D eigenvalue weighted by Crippen LogP contribution is 2.72. The van der Waals surface area contributed by atoms with E-state index in [4.69, 9.17) is 45.3 Å². The molecule has 0 spiro atoms. The molecule has 1 heterocycles. The Morgan fingerprint density at radius 3 is 2.16 bits per heavy atom. The molecule has 102 heavy (non-hydrogen) atoms. The third-order valence-electron chi connectivity index (χ3n) is 20.2. The SMILES string of the molecule is C#Cc1ccccc1N(Cc1ccccc1C)C(=O)CCC(=O)NCCOCCOCCOCCOCCC(=O)N[C@H](C(=O)N[C@@H](CCCNC(N)=O)C(=O)Nc1ccc(COC(=O)NCC(=O)[C@@]23OC(CCC)O[C@@H]2C[C@H]2[C@@H]4C[C@H](F)C5=CC(=O)C=C[C@]5(C)[C@@]4(F)[C@@H](O)C[C@@]23C)cc1)C(C)C. The minimum Gasteiger partial charge on any atom is -0.445 e. The van der Waals surface area contributed by atoms with Crippen LogP contribution in [0.2, 0.25) is 0 Å². The molecule has 554 valence electrons. The number of urea groups is 1. The van der Waals surface area contributed by atoms with Gasteiger partial charge in [0.1, 0.15) is 24.9 Å². The van der Waals surface area contributed by atoms with Crippen LogP contribution in [0, 0.1) is 47.9 Å². The lowest BCUT2D eigenvalue weighted by Crippen LogP contribution is -2.71. The van der Waals surface area contributed by atoms with E-state index in [1.807, 2.05) is 50.2 Å². The number of Topliss-reactive ketones (excluding diaryl/α,β-unsaturated/α-hetero) is 1. The molecular formula is C75H98F2N8O17. The first-order chi connectivity index (χ1) is 48.8. The van der Waals surface area contributed by atoms with Gasteiger partial charge in [-0.25, -0.2) is 18.4 Å². The molecule has 1 saturated heterocycles. The van der Waals surface area contributed by atoms with Crippen molar-refractivity contribution in [2.45, 2.75) is 167 Å². The van der Waals surface area contributed by atoms with Crippen LogP contribution in [-0.4, -0.2) is 179 Å². The van der Waals surface area contributed by atoms with E-state index in [2.05, 4.69) is 37.8 Å². The van der Waals surface area contributed by atoms with E-state index >= 15 is 8.78 Å². The monoisotopic (exact) mass is 1420 g/mol. The zero-order chi connectivity index (χ0) is 73.8. The fourth-order valence-corrected chi connectivity index (χ4v) is 14.8. The van der Waals surface area contributed by atoms with Gasteiger partial charge in [-0.1, -0.05) is 94.6 Å². The summed E-state index contributed by atoms with van der Waals surface area (Å²) < 4.78 is 74.8. The molecule has 1 aliphatic heterocycles. The van der Waals surface area contributed by atoms with E-state index in [0.717, 1.165) is 17.2 Å². The van der Waals surface area contributed by atoms with Crippen LogP contribution < -0.4 is 42.5 Å². The highest BCUT2D eigenvalue weighted by Gasteiger charge is 2.80. The number of alkyl halides is 2. The lowest BCUT2D eigenvalue weighted by Gasteiger charge is -2.63. The minimum absolute atomic E-state index is 0.00842. The molecule has 0 radical (unpaired) electrons. The molecule has 0 bridgehead atoms. The van der Waals surface area contributed by atoms with Crippen molar-refractivity contribution in [3.63, 3.8) is 0 Å². The Balaban J connectivity index is 0.706. The molecule has 27 heteroatoms. The summed E-state index contributed by atoms with van der Waals surface area (Å²) in [6, 6.07) is 18.3. The van der Waals surface area contributed by atoms with Crippen LogP contribution in [0.4, 0.5) is 29.7 Å². The standard InChI is InChI=1S/C75H98F2N8O17/c1-8-15-66-101-62-42-54-55-41-57(76)56-40-53(86)27-29-72(56,6)74(55,77)60(87)43-73(54,7)75(62,102-66)61(88)44-81-71(95)100-46-49-21-23-52(24-22-49)82-68(92)58(19-14-30-80-70(78)94)83-69(93)67(47(3)4)84-64(90)28-32-96-34-36-98-38-39-99-37-35-97-33-31-79-63(89)25-26-65(91)85(45-51-18-11-10-16-48(51)5)59-20-13-12-17-50(59)9-2/h2,10-13,16-18,20-24,27,29,40,47,54-55,57-58,60,62,66-67,87H,8,14-15,19,25-26,28,30-39,41-46H2,1,3-7H3,(H,79,89)(H,81,95)(H,82,92)(H,83,93)(H,84,90)(H3,78,80,94)/t54-,55-,57-,58-,60-,62+,66?,67-,72-,73-,74-,75+/m0/s1. The van der Waals surface area contributed by atoms with Gasteiger partial charge < -0.3 is 80.8 Å². The molecule has 0 aromatic heterocycles. The summed E-state index contributed by atoms with van der Waals surface area (Å²) in [5.74, 6) is -2.80. The van der Waals surface area contributed by atoms with Crippen molar-refractivity contribution >= 4 is 64.6 Å². The van der Waals surface area contributed by atoms with E-state index < -0.39 is 125 Å².